The molecule has 0 fully saturated rings. The fourth-order valence-electron chi connectivity index (χ4n) is 0.928. The molecule has 1 heterocycles. The van der Waals surface area contributed by atoms with Gasteiger partial charge >= 0.3 is 5.97 Å². The Balaban J connectivity index is 2.69. The lowest BCUT2D eigenvalue weighted by Gasteiger charge is -2.04. The standard InChI is InChI=1S/C8H11N3O2/c1-5(7(12)13)4-6-2-3-10-8(9)11-6/h2-3,5H,4H2,1H3,(H,12,13)(H2,9,10,11). The van der Waals surface area contributed by atoms with E-state index in [9.17, 15) is 4.79 Å². The van der Waals surface area contributed by atoms with E-state index in [0.29, 0.717) is 12.1 Å². The quantitative estimate of drug-likeness (QED) is 0.701. The van der Waals surface area contributed by atoms with E-state index in [2.05, 4.69) is 9.97 Å². The van der Waals surface area contributed by atoms with E-state index in [4.69, 9.17) is 10.8 Å². The summed E-state index contributed by atoms with van der Waals surface area (Å²) in [7, 11) is 0. The number of rotatable bonds is 3. The topological polar surface area (TPSA) is 89.1 Å². The summed E-state index contributed by atoms with van der Waals surface area (Å²) >= 11 is 0. The van der Waals surface area contributed by atoms with Crippen LogP contribution in [0.25, 0.3) is 0 Å². The number of carboxylic acids is 1. The highest BCUT2D eigenvalue weighted by Gasteiger charge is 2.12. The Bertz CT molecular complexity index is 314. The third-order valence-electron chi connectivity index (χ3n) is 1.67. The minimum absolute atomic E-state index is 0.176. The van der Waals surface area contributed by atoms with E-state index in [-0.39, 0.29) is 5.95 Å². The highest BCUT2D eigenvalue weighted by atomic mass is 16.4. The monoisotopic (exact) mass is 181 g/mol. The molecule has 0 aliphatic carbocycles. The van der Waals surface area contributed by atoms with Gasteiger partial charge in [-0.25, -0.2) is 9.97 Å². The lowest BCUT2D eigenvalue weighted by Crippen LogP contribution is -2.13. The molecule has 1 aromatic heterocycles. The Kier molecular flexibility index (Phi) is 2.79. The van der Waals surface area contributed by atoms with Crippen molar-refractivity contribution in [3.8, 4) is 0 Å². The molecular formula is C8H11N3O2. The average Bonchev–Trinajstić information content (AvgIpc) is 2.04. The number of nitrogens with zero attached hydrogens (tertiary/aromatic N) is 2. The first-order valence-corrected chi connectivity index (χ1v) is 3.90. The predicted octanol–water partition coefficient (Wildman–Crippen LogP) is 0.322. The van der Waals surface area contributed by atoms with Crippen molar-refractivity contribution in [2.24, 2.45) is 5.92 Å². The number of nitrogen functional groups attached to an aromatic ring is 1. The third kappa shape index (κ3) is 2.70. The maximum atomic E-state index is 10.5. The highest BCUT2D eigenvalue weighted by Crippen LogP contribution is 2.06. The molecule has 3 N–H and O–H groups in total. The molecule has 5 heteroatoms. The van der Waals surface area contributed by atoms with Gasteiger partial charge in [0.15, 0.2) is 0 Å². The lowest BCUT2D eigenvalue weighted by molar-refractivity contribution is -0.141. The lowest BCUT2D eigenvalue weighted by atomic mass is 10.1. The van der Waals surface area contributed by atoms with Crippen molar-refractivity contribution in [1.29, 1.82) is 0 Å². The molecule has 0 amide bonds. The zero-order chi connectivity index (χ0) is 9.84. The van der Waals surface area contributed by atoms with Crippen LogP contribution in [-0.4, -0.2) is 21.0 Å². The van der Waals surface area contributed by atoms with Crippen molar-refractivity contribution in [1.82, 2.24) is 9.97 Å². The van der Waals surface area contributed by atoms with Crippen molar-refractivity contribution >= 4 is 11.9 Å². The minimum Gasteiger partial charge on any atom is -0.481 e. The van der Waals surface area contributed by atoms with Crippen molar-refractivity contribution in [2.45, 2.75) is 13.3 Å². The summed E-state index contributed by atoms with van der Waals surface area (Å²) in [5, 5.41) is 8.64. The van der Waals surface area contributed by atoms with Gasteiger partial charge in [0, 0.05) is 18.3 Å². The molecule has 0 radical (unpaired) electrons. The maximum absolute atomic E-state index is 10.5. The van der Waals surface area contributed by atoms with E-state index in [0.717, 1.165) is 0 Å². The molecular weight excluding hydrogens is 170 g/mol. The number of anilines is 1. The fraction of sp³-hybridized carbons (Fsp3) is 0.375. The number of nitrogens with two attached hydrogens (primary N) is 1. The van der Waals surface area contributed by atoms with Crippen molar-refractivity contribution < 1.29 is 9.90 Å². The molecule has 1 atom stereocenters. The van der Waals surface area contributed by atoms with Crippen molar-refractivity contribution in [3.63, 3.8) is 0 Å². The minimum atomic E-state index is -0.836. The first-order chi connectivity index (χ1) is 6.09. The Morgan fingerprint density at radius 2 is 2.46 bits per heavy atom. The summed E-state index contributed by atoms with van der Waals surface area (Å²) in [5.41, 5.74) is 6.00. The molecule has 13 heavy (non-hydrogen) atoms. The van der Waals surface area contributed by atoms with Crippen LogP contribution >= 0.6 is 0 Å². The van der Waals surface area contributed by atoms with Crippen LogP contribution < -0.4 is 5.73 Å². The normalized spacial score (nSPS) is 12.4. The number of hydrogen-bond donors (Lipinski definition) is 2. The predicted molar refractivity (Wildman–Crippen MR) is 46.9 cm³/mol. The molecule has 1 aromatic rings. The molecule has 70 valence electrons. The summed E-state index contributed by atoms with van der Waals surface area (Å²) < 4.78 is 0. The van der Waals surface area contributed by atoms with E-state index in [1.54, 1.807) is 13.0 Å². The SMILES string of the molecule is CC(Cc1ccnc(N)n1)C(=O)O. The second-order valence-corrected chi connectivity index (χ2v) is 2.85. The Labute approximate surface area is 75.6 Å². The van der Waals surface area contributed by atoms with Crippen LogP contribution in [0, 0.1) is 5.92 Å². The first kappa shape index (κ1) is 9.44. The van der Waals surface area contributed by atoms with Gasteiger partial charge in [0.1, 0.15) is 0 Å². The van der Waals surface area contributed by atoms with Gasteiger partial charge in [0.2, 0.25) is 5.95 Å². The van der Waals surface area contributed by atoms with Gasteiger partial charge in [-0.15, -0.1) is 0 Å². The molecule has 1 rings (SSSR count). The van der Waals surface area contributed by atoms with E-state index < -0.39 is 11.9 Å². The van der Waals surface area contributed by atoms with Gasteiger partial charge in [-0.1, -0.05) is 6.92 Å². The molecule has 1 unspecified atom stereocenters. The van der Waals surface area contributed by atoms with Gasteiger partial charge in [0.25, 0.3) is 0 Å². The second-order valence-electron chi connectivity index (χ2n) is 2.85. The van der Waals surface area contributed by atoms with Gasteiger partial charge in [-0.05, 0) is 6.07 Å². The number of hydrogen-bond acceptors (Lipinski definition) is 4. The molecule has 0 aliphatic heterocycles. The molecule has 0 bridgehead atoms. The summed E-state index contributed by atoms with van der Waals surface area (Å²) in [5.74, 6) is -1.11. The van der Waals surface area contributed by atoms with E-state index in [1.165, 1.54) is 6.20 Å². The molecule has 0 saturated heterocycles. The Morgan fingerprint density at radius 3 is 3.00 bits per heavy atom. The Hall–Kier alpha value is -1.65. The van der Waals surface area contributed by atoms with Crippen LogP contribution in [0.15, 0.2) is 12.3 Å². The van der Waals surface area contributed by atoms with Crippen LogP contribution in [-0.2, 0) is 11.2 Å². The van der Waals surface area contributed by atoms with Crippen LogP contribution in [0.3, 0.4) is 0 Å². The molecule has 0 aromatic carbocycles. The van der Waals surface area contributed by atoms with Gasteiger partial charge in [-0.3, -0.25) is 4.79 Å². The maximum Gasteiger partial charge on any atom is 0.306 e. The van der Waals surface area contributed by atoms with E-state index in [1.807, 2.05) is 0 Å². The van der Waals surface area contributed by atoms with Crippen LogP contribution in [0.5, 0.6) is 0 Å². The second kappa shape index (κ2) is 3.84. The highest BCUT2D eigenvalue weighted by molar-refractivity contribution is 5.69. The molecule has 0 aliphatic rings. The first-order valence-electron chi connectivity index (χ1n) is 3.90. The van der Waals surface area contributed by atoms with Gasteiger partial charge in [-0.2, -0.15) is 0 Å². The average molecular weight is 181 g/mol. The number of aromatic nitrogens is 2. The van der Waals surface area contributed by atoms with E-state index >= 15 is 0 Å². The van der Waals surface area contributed by atoms with Crippen LogP contribution in [0.1, 0.15) is 12.6 Å². The summed E-state index contributed by atoms with van der Waals surface area (Å²) in [4.78, 5) is 18.1. The smallest absolute Gasteiger partial charge is 0.306 e. The van der Waals surface area contributed by atoms with Gasteiger partial charge in [0.05, 0.1) is 5.92 Å². The summed E-state index contributed by atoms with van der Waals surface area (Å²) in [6.45, 7) is 1.63. The number of carboxylic acid groups (broad SMARTS) is 1. The largest absolute Gasteiger partial charge is 0.481 e. The summed E-state index contributed by atoms with van der Waals surface area (Å²) in [6.07, 6.45) is 1.90. The zero-order valence-electron chi connectivity index (χ0n) is 7.27. The van der Waals surface area contributed by atoms with Gasteiger partial charge < -0.3 is 10.8 Å². The molecule has 5 nitrogen and oxygen atoms in total. The summed E-state index contributed by atoms with van der Waals surface area (Å²) in [6, 6.07) is 1.66. The molecule has 0 spiro atoms. The number of carbonyl (C=O) groups is 1. The molecule has 0 saturated carbocycles. The van der Waals surface area contributed by atoms with Crippen LogP contribution in [0.2, 0.25) is 0 Å². The van der Waals surface area contributed by atoms with Crippen LogP contribution in [0.4, 0.5) is 5.95 Å². The zero-order valence-corrected chi connectivity index (χ0v) is 7.27. The van der Waals surface area contributed by atoms with Crippen molar-refractivity contribution in [3.05, 3.63) is 18.0 Å². The third-order valence-corrected chi connectivity index (χ3v) is 1.67. The Morgan fingerprint density at radius 1 is 1.77 bits per heavy atom. The number of aliphatic carboxylic acids is 1. The van der Waals surface area contributed by atoms with Crippen molar-refractivity contribution in [2.75, 3.05) is 5.73 Å². The fourth-order valence-corrected chi connectivity index (χ4v) is 0.928.